The maximum absolute atomic E-state index is 14.5. The van der Waals surface area contributed by atoms with Crippen molar-refractivity contribution in [3.05, 3.63) is 105 Å². The first-order valence-corrected chi connectivity index (χ1v) is 11.3. The van der Waals surface area contributed by atoms with E-state index < -0.39 is 5.82 Å². The van der Waals surface area contributed by atoms with Gasteiger partial charge in [0.15, 0.2) is 16.5 Å². The van der Waals surface area contributed by atoms with Crippen molar-refractivity contribution < 1.29 is 9.13 Å². The molecular formula is C26H17FN4O2S. The van der Waals surface area contributed by atoms with E-state index in [1.54, 1.807) is 27.3 Å². The van der Waals surface area contributed by atoms with Gasteiger partial charge >= 0.3 is 0 Å². The molecule has 3 aromatic heterocycles. The highest BCUT2D eigenvalue weighted by Gasteiger charge is 2.16. The van der Waals surface area contributed by atoms with E-state index in [1.165, 1.54) is 24.5 Å². The van der Waals surface area contributed by atoms with Crippen LogP contribution in [-0.4, -0.2) is 26.3 Å². The van der Waals surface area contributed by atoms with Gasteiger partial charge in [-0.05, 0) is 48.5 Å². The van der Waals surface area contributed by atoms with Crippen LogP contribution in [0.4, 0.5) is 4.39 Å². The second-order valence-corrected chi connectivity index (χ2v) is 8.71. The number of ether oxygens (including phenoxy) is 1. The van der Waals surface area contributed by atoms with Crippen LogP contribution in [-0.2, 0) is 0 Å². The van der Waals surface area contributed by atoms with E-state index in [9.17, 15) is 9.18 Å². The molecule has 166 valence electrons. The Labute approximate surface area is 196 Å². The van der Waals surface area contributed by atoms with Crippen LogP contribution in [0.3, 0.4) is 0 Å². The van der Waals surface area contributed by atoms with Gasteiger partial charge in [0.2, 0.25) is 0 Å². The van der Waals surface area contributed by atoms with E-state index in [1.807, 2.05) is 60.8 Å². The maximum atomic E-state index is 14.5. The molecular weight excluding hydrogens is 451 g/mol. The lowest BCUT2D eigenvalue weighted by Crippen LogP contribution is -2.22. The van der Waals surface area contributed by atoms with Crippen molar-refractivity contribution >= 4 is 33.4 Å². The summed E-state index contributed by atoms with van der Waals surface area (Å²) in [6.07, 6.45) is 3.63. The number of halogens is 1. The summed E-state index contributed by atoms with van der Waals surface area (Å²) in [7, 11) is 1.42. The third kappa shape index (κ3) is 3.27. The summed E-state index contributed by atoms with van der Waals surface area (Å²) >= 11 is 1.32. The van der Waals surface area contributed by atoms with E-state index >= 15 is 0 Å². The highest BCUT2D eigenvalue weighted by atomic mass is 32.1. The molecule has 3 aromatic carbocycles. The lowest BCUT2D eigenvalue weighted by Gasteiger charge is -2.04. The SMILES string of the molecule is COc1ccc(-c2nn(-c3ccccc3)cc2C=c2sc3nc4ccccc4n3c2=O)cc1F. The van der Waals surface area contributed by atoms with Crippen LogP contribution in [0.2, 0.25) is 0 Å². The Morgan fingerprint density at radius 3 is 2.62 bits per heavy atom. The van der Waals surface area contributed by atoms with Crippen molar-refractivity contribution in [2.24, 2.45) is 0 Å². The number of thiazole rings is 1. The van der Waals surface area contributed by atoms with Gasteiger partial charge in [-0.2, -0.15) is 5.10 Å². The number of aromatic nitrogens is 4. The predicted molar refractivity (Wildman–Crippen MR) is 131 cm³/mol. The molecule has 0 aliphatic heterocycles. The summed E-state index contributed by atoms with van der Waals surface area (Å²) in [5.74, 6) is -0.323. The summed E-state index contributed by atoms with van der Waals surface area (Å²) in [6.45, 7) is 0. The molecule has 0 spiro atoms. The first kappa shape index (κ1) is 20.3. The molecule has 3 heterocycles. The quantitative estimate of drug-likeness (QED) is 0.383. The molecule has 0 aliphatic rings. The zero-order valence-electron chi connectivity index (χ0n) is 18.0. The van der Waals surface area contributed by atoms with Crippen LogP contribution < -0.4 is 14.8 Å². The number of rotatable bonds is 4. The van der Waals surface area contributed by atoms with Gasteiger partial charge in [0, 0.05) is 17.3 Å². The van der Waals surface area contributed by atoms with E-state index in [4.69, 9.17) is 9.84 Å². The lowest BCUT2D eigenvalue weighted by atomic mass is 10.1. The first-order chi connectivity index (χ1) is 16.6. The van der Waals surface area contributed by atoms with Gasteiger partial charge in [-0.25, -0.2) is 18.5 Å². The lowest BCUT2D eigenvalue weighted by molar-refractivity contribution is 0.386. The zero-order valence-corrected chi connectivity index (χ0v) is 18.8. The van der Waals surface area contributed by atoms with Crippen molar-refractivity contribution in [1.29, 1.82) is 0 Å². The second-order valence-electron chi connectivity index (χ2n) is 7.70. The van der Waals surface area contributed by atoms with Crippen molar-refractivity contribution in [3.8, 4) is 22.7 Å². The third-order valence-electron chi connectivity index (χ3n) is 5.62. The Morgan fingerprint density at radius 2 is 1.82 bits per heavy atom. The average Bonchev–Trinajstić information content (AvgIpc) is 3.53. The van der Waals surface area contributed by atoms with Crippen LogP contribution in [0.15, 0.2) is 83.8 Å². The van der Waals surface area contributed by atoms with Crippen molar-refractivity contribution in [1.82, 2.24) is 19.2 Å². The van der Waals surface area contributed by atoms with Gasteiger partial charge in [-0.15, -0.1) is 0 Å². The largest absolute Gasteiger partial charge is 0.494 e. The molecule has 0 bridgehead atoms. The Kier molecular flexibility index (Phi) is 4.74. The van der Waals surface area contributed by atoms with Crippen LogP contribution in [0.5, 0.6) is 5.75 Å². The van der Waals surface area contributed by atoms with E-state index in [0.717, 1.165) is 16.7 Å². The van der Waals surface area contributed by atoms with Crippen LogP contribution >= 0.6 is 11.3 Å². The van der Waals surface area contributed by atoms with Crippen LogP contribution in [0, 0.1) is 5.82 Å². The summed E-state index contributed by atoms with van der Waals surface area (Å²) in [5, 5.41) is 4.72. The number of methoxy groups -OCH3 is 1. The van der Waals surface area contributed by atoms with Crippen molar-refractivity contribution in [3.63, 3.8) is 0 Å². The number of hydrogen-bond acceptors (Lipinski definition) is 5. The molecule has 6 aromatic rings. The Morgan fingerprint density at radius 1 is 1.03 bits per heavy atom. The molecule has 0 radical (unpaired) electrons. The molecule has 0 N–H and O–H groups in total. The highest BCUT2D eigenvalue weighted by Crippen LogP contribution is 2.28. The average molecular weight is 469 g/mol. The topological polar surface area (TPSA) is 61.4 Å². The van der Waals surface area contributed by atoms with Gasteiger partial charge < -0.3 is 4.74 Å². The van der Waals surface area contributed by atoms with Crippen molar-refractivity contribution in [2.45, 2.75) is 0 Å². The Hall–Kier alpha value is -4.30. The Balaban J connectivity index is 1.58. The number of nitrogens with zero attached hydrogens (tertiary/aromatic N) is 4. The smallest absolute Gasteiger partial charge is 0.274 e. The van der Waals surface area contributed by atoms with E-state index in [0.29, 0.717) is 26.3 Å². The van der Waals surface area contributed by atoms with Crippen LogP contribution in [0.25, 0.3) is 39.0 Å². The summed E-state index contributed by atoms with van der Waals surface area (Å²) in [6, 6.07) is 21.9. The van der Waals surface area contributed by atoms with Crippen LogP contribution in [0.1, 0.15) is 5.56 Å². The van der Waals surface area contributed by atoms with E-state index in [-0.39, 0.29) is 11.3 Å². The molecule has 6 rings (SSSR count). The van der Waals surface area contributed by atoms with Gasteiger partial charge in [-0.1, -0.05) is 41.7 Å². The fourth-order valence-electron chi connectivity index (χ4n) is 4.00. The molecule has 0 unspecified atom stereocenters. The number of imidazole rings is 1. The molecule has 0 saturated heterocycles. The molecule has 0 fully saturated rings. The fourth-order valence-corrected chi connectivity index (χ4v) is 4.97. The number of fused-ring (bicyclic) bond motifs is 3. The summed E-state index contributed by atoms with van der Waals surface area (Å²) < 4.78 is 23.4. The summed E-state index contributed by atoms with van der Waals surface area (Å²) in [5.41, 5.74) is 4.10. The molecule has 8 heteroatoms. The van der Waals surface area contributed by atoms with Gasteiger partial charge in [-0.3, -0.25) is 4.79 Å². The zero-order chi connectivity index (χ0) is 23.2. The Bertz CT molecular complexity index is 1790. The van der Waals surface area contributed by atoms with Gasteiger partial charge in [0.1, 0.15) is 5.69 Å². The molecule has 0 amide bonds. The number of benzene rings is 3. The number of para-hydroxylation sites is 3. The maximum Gasteiger partial charge on any atom is 0.274 e. The molecule has 0 aliphatic carbocycles. The molecule has 0 atom stereocenters. The molecule has 0 saturated carbocycles. The minimum absolute atomic E-state index is 0.145. The standard InChI is InChI=1S/C26H17FN4O2S/c1-33-22-12-11-16(13-19(22)27)24-17(15-30(29-24)18-7-3-2-4-8-18)14-23-25(32)31-21-10-6-5-9-20(21)28-26(31)34-23/h2-15H,1H3. The predicted octanol–water partition coefficient (Wildman–Crippen LogP) is 4.46. The third-order valence-corrected chi connectivity index (χ3v) is 6.59. The van der Waals surface area contributed by atoms with Gasteiger partial charge in [0.25, 0.3) is 5.56 Å². The molecule has 34 heavy (non-hydrogen) atoms. The minimum Gasteiger partial charge on any atom is -0.494 e. The normalized spacial score (nSPS) is 12.1. The summed E-state index contributed by atoms with van der Waals surface area (Å²) in [4.78, 5) is 18.5. The fraction of sp³-hybridized carbons (Fsp3) is 0.0385. The monoisotopic (exact) mass is 468 g/mol. The second kappa shape index (κ2) is 7.93. The van der Waals surface area contributed by atoms with E-state index in [2.05, 4.69) is 4.98 Å². The van der Waals surface area contributed by atoms with Gasteiger partial charge in [0.05, 0.1) is 28.4 Å². The minimum atomic E-state index is -0.481. The number of hydrogen-bond donors (Lipinski definition) is 0. The highest BCUT2D eigenvalue weighted by molar-refractivity contribution is 7.15. The first-order valence-electron chi connectivity index (χ1n) is 10.5. The molecule has 6 nitrogen and oxygen atoms in total. The van der Waals surface area contributed by atoms with Crippen molar-refractivity contribution in [2.75, 3.05) is 7.11 Å².